The molecule has 1 heterocycles. The number of aryl methyl sites for hydroxylation is 2. The molecule has 1 amide bonds. The Labute approximate surface area is 142 Å². The molecule has 2 aromatic rings. The lowest BCUT2D eigenvalue weighted by Crippen LogP contribution is -2.47. The Kier molecular flexibility index (Phi) is 4.30. The molecule has 0 bridgehead atoms. The van der Waals surface area contributed by atoms with Gasteiger partial charge >= 0.3 is 0 Å². The molecule has 2 N–H and O–H groups in total. The van der Waals surface area contributed by atoms with Crippen molar-refractivity contribution < 1.29 is 9.53 Å². The first kappa shape index (κ1) is 16.1. The Bertz CT molecular complexity index is 798. The quantitative estimate of drug-likeness (QED) is 0.693. The van der Waals surface area contributed by atoms with Crippen molar-refractivity contribution >= 4 is 17.3 Å². The molecule has 2 aromatic carbocycles. The fourth-order valence-corrected chi connectivity index (χ4v) is 2.94. The highest BCUT2D eigenvalue weighted by Crippen LogP contribution is 2.36. The summed E-state index contributed by atoms with van der Waals surface area (Å²) < 4.78 is 5.97. The van der Waals surface area contributed by atoms with Crippen LogP contribution in [-0.2, 0) is 11.2 Å². The van der Waals surface area contributed by atoms with Gasteiger partial charge in [0.25, 0.3) is 5.91 Å². The Balaban J connectivity index is 1.92. The molecular weight excluding hydrogens is 300 g/mol. The summed E-state index contributed by atoms with van der Waals surface area (Å²) in [5.41, 5.74) is 10.8. The number of benzene rings is 2. The summed E-state index contributed by atoms with van der Waals surface area (Å²) in [6, 6.07) is 11.6. The SMILES string of the molecule is C=CCN1C(=O)C(Cc2ccc(C)c(C)c2)Oc2cc(N)ccc21. The van der Waals surface area contributed by atoms with Crippen LogP contribution >= 0.6 is 0 Å². The molecule has 0 aliphatic carbocycles. The van der Waals surface area contributed by atoms with E-state index in [1.807, 2.05) is 12.1 Å². The van der Waals surface area contributed by atoms with Gasteiger partial charge in [0.1, 0.15) is 5.75 Å². The summed E-state index contributed by atoms with van der Waals surface area (Å²) >= 11 is 0. The van der Waals surface area contributed by atoms with Gasteiger partial charge < -0.3 is 15.4 Å². The first-order valence-corrected chi connectivity index (χ1v) is 8.04. The third-order valence-corrected chi connectivity index (χ3v) is 4.39. The van der Waals surface area contributed by atoms with E-state index in [1.165, 1.54) is 11.1 Å². The zero-order valence-electron chi connectivity index (χ0n) is 14.1. The van der Waals surface area contributed by atoms with Crippen LogP contribution in [0, 0.1) is 13.8 Å². The van der Waals surface area contributed by atoms with Crippen LogP contribution in [0.25, 0.3) is 0 Å². The summed E-state index contributed by atoms with van der Waals surface area (Å²) in [5.74, 6) is 0.593. The van der Waals surface area contributed by atoms with Gasteiger partial charge in [-0.05, 0) is 42.7 Å². The van der Waals surface area contributed by atoms with Crippen LogP contribution < -0.4 is 15.4 Å². The van der Waals surface area contributed by atoms with Crippen molar-refractivity contribution in [3.8, 4) is 5.75 Å². The molecule has 24 heavy (non-hydrogen) atoms. The Morgan fingerprint density at radius 1 is 1.21 bits per heavy atom. The van der Waals surface area contributed by atoms with Gasteiger partial charge in [-0.1, -0.05) is 24.3 Å². The molecule has 1 aliphatic heterocycles. The summed E-state index contributed by atoms with van der Waals surface area (Å²) in [4.78, 5) is 14.5. The maximum absolute atomic E-state index is 12.8. The number of anilines is 2. The van der Waals surface area contributed by atoms with E-state index in [2.05, 4.69) is 32.6 Å². The highest BCUT2D eigenvalue weighted by Gasteiger charge is 2.34. The molecule has 1 unspecified atom stereocenters. The number of ether oxygens (including phenoxy) is 1. The zero-order valence-corrected chi connectivity index (χ0v) is 14.1. The van der Waals surface area contributed by atoms with Gasteiger partial charge in [-0.3, -0.25) is 4.79 Å². The molecule has 0 spiro atoms. The van der Waals surface area contributed by atoms with Gasteiger partial charge in [0.05, 0.1) is 5.69 Å². The van der Waals surface area contributed by atoms with Crippen molar-refractivity contribution in [2.75, 3.05) is 17.2 Å². The molecule has 0 saturated carbocycles. The monoisotopic (exact) mass is 322 g/mol. The van der Waals surface area contributed by atoms with E-state index < -0.39 is 6.10 Å². The van der Waals surface area contributed by atoms with E-state index in [0.29, 0.717) is 24.4 Å². The van der Waals surface area contributed by atoms with Gasteiger partial charge in [-0.2, -0.15) is 0 Å². The number of carbonyl (C=O) groups excluding carboxylic acids is 1. The second kappa shape index (κ2) is 6.40. The number of nitrogens with two attached hydrogens (primary N) is 1. The topological polar surface area (TPSA) is 55.6 Å². The van der Waals surface area contributed by atoms with Crippen LogP contribution in [0.1, 0.15) is 16.7 Å². The largest absolute Gasteiger partial charge is 0.478 e. The Hall–Kier alpha value is -2.75. The maximum Gasteiger partial charge on any atom is 0.268 e. The average molecular weight is 322 g/mol. The van der Waals surface area contributed by atoms with Gasteiger partial charge in [-0.25, -0.2) is 0 Å². The normalized spacial score (nSPS) is 16.5. The van der Waals surface area contributed by atoms with Crippen molar-refractivity contribution in [1.82, 2.24) is 0 Å². The molecule has 1 atom stereocenters. The fraction of sp³-hybridized carbons (Fsp3) is 0.250. The predicted molar refractivity (Wildman–Crippen MR) is 97.4 cm³/mol. The molecule has 1 aliphatic rings. The number of amides is 1. The van der Waals surface area contributed by atoms with Crippen molar-refractivity contribution in [2.24, 2.45) is 0 Å². The minimum Gasteiger partial charge on any atom is -0.478 e. The van der Waals surface area contributed by atoms with Gasteiger partial charge in [-0.15, -0.1) is 6.58 Å². The second-order valence-corrected chi connectivity index (χ2v) is 6.19. The standard InChI is InChI=1S/C20H22N2O2/c1-4-9-22-17-8-7-16(21)12-18(17)24-19(20(22)23)11-15-6-5-13(2)14(3)10-15/h4-8,10,12,19H,1,9,11,21H2,2-3H3. The molecule has 4 heteroatoms. The minimum atomic E-state index is -0.554. The van der Waals surface area contributed by atoms with Gasteiger partial charge in [0.15, 0.2) is 6.10 Å². The number of hydrogen-bond donors (Lipinski definition) is 1. The first-order chi connectivity index (χ1) is 11.5. The molecule has 4 nitrogen and oxygen atoms in total. The highest BCUT2D eigenvalue weighted by atomic mass is 16.5. The fourth-order valence-electron chi connectivity index (χ4n) is 2.94. The van der Waals surface area contributed by atoms with Crippen LogP contribution in [-0.4, -0.2) is 18.6 Å². The molecule has 124 valence electrons. The van der Waals surface area contributed by atoms with Crippen LogP contribution in [0.5, 0.6) is 5.75 Å². The van der Waals surface area contributed by atoms with Crippen molar-refractivity contribution in [3.63, 3.8) is 0 Å². The number of nitrogens with zero attached hydrogens (tertiary/aromatic N) is 1. The lowest BCUT2D eigenvalue weighted by molar-refractivity contribution is -0.126. The lowest BCUT2D eigenvalue weighted by Gasteiger charge is -2.34. The van der Waals surface area contributed by atoms with E-state index in [0.717, 1.165) is 11.3 Å². The molecule has 0 fully saturated rings. The summed E-state index contributed by atoms with van der Waals surface area (Å²) in [5, 5.41) is 0. The molecule has 0 saturated heterocycles. The smallest absolute Gasteiger partial charge is 0.268 e. The van der Waals surface area contributed by atoms with E-state index in [4.69, 9.17) is 10.5 Å². The maximum atomic E-state index is 12.8. The molecule has 0 aromatic heterocycles. The molecule has 0 radical (unpaired) electrons. The summed E-state index contributed by atoms with van der Waals surface area (Å²) in [7, 11) is 0. The van der Waals surface area contributed by atoms with Crippen LogP contribution in [0.15, 0.2) is 49.1 Å². The van der Waals surface area contributed by atoms with Crippen LogP contribution in [0.2, 0.25) is 0 Å². The average Bonchev–Trinajstić information content (AvgIpc) is 2.55. The second-order valence-electron chi connectivity index (χ2n) is 6.19. The Morgan fingerprint density at radius 2 is 2.00 bits per heavy atom. The molecule has 3 rings (SSSR count). The van der Waals surface area contributed by atoms with Crippen molar-refractivity contribution in [1.29, 1.82) is 0 Å². The number of hydrogen-bond acceptors (Lipinski definition) is 3. The first-order valence-electron chi connectivity index (χ1n) is 8.04. The number of carbonyl (C=O) groups is 1. The van der Waals surface area contributed by atoms with Gasteiger partial charge in [0.2, 0.25) is 0 Å². The van der Waals surface area contributed by atoms with E-state index in [9.17, 15) is 4.79 Å². The zero-order chi connectivity index (χ0) is 17.3. The Morgan fingerprint density at radius 3 is 2.71 bits per heavy atom. The van der Waals surface area contributed by atoms with E-state index in [1.54, 1.807) is 23.1 Å². The number of rotatable bonds is 4. The summed E-state index contributed by atoms with van der Waals surface area (Å²) in [6.07, 6.45) is 1.69. The van der Waals surface area contributed by atoms with Crippen LogP contribution in [0.4, 0.5) is 11.4 Å². The lowest BCUT2D eigenvalue weighted by atomic mass is 10.0. The van der Waals surface area contributed by atoms with Crippen molar-refractivity contribution in [2.45, 2.75) is 26.4 Å². The number of fused-ring (bicyclic) bond motifs is 1. The number of nitrogen functional groups attached to an aromatic ring is 1. The minimum absolute atomic E-state index is 0.0506. The third-order valence-electron chi connectivity index (χ3n) is 4.39. The van der Waals surface area contributed by atoms with E-state index >= 15 is 0 Å². The van der Waals surface area contributed by atoms with E-state index in [-0.39, 0.29) is 5.91 Å². The van der Waals surface area contributed by atoms with Crippen LogP contribution in [0.3, 0.4) is 0 Å². The summed E-state index contributed by atoms with van der Waals surface area (Å²) in [6.45, 7) is 8.35. The predicted octanol–water partition coefficient (Wildman–Crippen LogP) is 3.41. The highest BCUT2D eigenvalue weighted by molar-refractivity contribution is 6.00. The third kappa shape index (κ3) is 3.00. The van der Waals surface area contributed by atoms with Crippen molar-refractivity contribution in [3.05, 3.63) is 65.7 Å². The molecular formula is C20H22N2O2. The van der Waals surface area contributed by atoms with Gasteiger partial charge in [0, 0.05) is 24.7 Å².